The number of fused-ring (bicyclic) bond motifs is 1. The van der Waals surface area contributed by atoms with Crippen molar-refractivity contribution in [2.75, 3.05) is 37.2 Å². The summed E-state index contributed by atoms with van der Waals surface area (Å²) >= 11 is 0. The fourth-order valence-electron chi connectivity index (χ4n) is 6.86. The Labute approximate surface area is 317 Å². The third-order valence-corrected chi connectivity index (χ3v) is 11.8. The van der Waals surface area contributed by atoms with E-state index in [2.05, 4.69) is 42.4 Å². The van der Waals surface area contributed by atoms with Crippen LogP contribution in [0.3, 0.4) is 0 Å². The Hall–Kier alpha value is -5.96. The van der Waals surface area contributed by atoms with Gasteiger partial charge in [-0.05, 0) is 67.8 Å². The summed E-state index contributed by atoms with van der Waals surface area (Å²) < 4.78 is 27.9. The maximum atomic E-state index is 12.8. The average molecular weight is 764 g/mol. The Kier molecular flexibility index (Phi) is 10.7. The Balaban J connectivity index is 0.906. The molecule has 5 heterocycles. The lowest BCUT2D eigenvalue weighted by molar-refractivity contribution is -0.134. The average Bonchev–Trinajstić information content (AvgIpc) is 3.85. The second kappa shape index (κ2) is 15.8. The third kappa shape index (κ3) is 8.11. The van der Waals surface area contributed by atoms with Crippen molar-refractivity contribution in [3.63, 3.8) is 0 Å². The topological polar surface area (TPSA) is 220 Å². The van der Waals surface area contributed by atoms with Gasteiger partial charge in [0.1, 0.15) is 11.2 Å². The summed E-state index contributed by atoms with van der Waals surface area (Å²) in [4.78, 5) is 48.9. The van der Waals surface area contributed by atoms with Gasteiger partial charge in [-0.3, -0.25) is 24.4 Å². The number of aromatic nitrogens is 5. The molecule has 0 aliphatic carbocycles. The van der Waals surface area contributed by atoms with Crippen molar-refractivity contribution in [2.45, 2.75) is 50.6 Å². The van der Waals surface area contributed by atoms with Crippen LogP contribution in [0.5, 0.6) is 0 Å². The summed E-state index contributed by atoms with van der Waals surface area (Å²) in [5.41, 5.74) is 4.30. The highest BCUT2D eigenvalue weighted by Crippen LogP contribution is 2.36. The second-order valence-corrected chi connectivity index (χ2v) is 16.0. The lowest BCUT2D eigenvalue weighted by atomic mass is 9.89. The van der Waals surface area contributed by atoms with Crippen LogP contribution in [0, 0.1) is 11.3 Å². The molecule has 17 heteroatoms. The number of anilines is 2. The van der Waals surface area contributed by atoms with Crippen molar-refractivity contribution < 1.29 is 22.8 Å². The van der Waals surface area contributed by atoms with E-state index in [1.807, 2.05) is 30.3 Å². The van der Waals surface area contributed by atoms with E-state index in [9.17, 15) is 28.1 Å². The molecule has 284 valence electrons. The highest BCUT2D eigenvalue weighted by Gasteiger charge is 2.49. The van der Waals surface area contributed by atoms with Crippen molar-refractivity contribution in [2.24, 2.45) is 0 Å². The molecule has 0 saturated carbocycles. The largest absolute Gasteiger partial charge is 0.352 e. The van der Waals surface area contributed by atoms with Gasteiger partial charge in [0.05, 0.1) is 36.1 Å². The molecule has 5 N–H and O–H groups in total. The van der Waals surface area contributed by atoms with E-state index < -0.39 is 15.6 Å². The van der Waals surface area contributed by atoms with Crippen LogP contribution >= 0.6 is 0 Å². The predicted molar refractivity (Wildman–Crippen MR) is 204 cm³/mol. The van der Waals surface area contributed by atoms with Gasteiger partial charge in [0.25, 0.3) is 5.91 Å². The lowest BCUT2D eigenvalue weighted by Crippen LogP contribution is -2.64. The standard InChI is InChI=1S/C38H41N11O5S/c1-2-55(53,54)48-23-38(24-48,15-16-39)49-22-28(21-43-49)33-31-14-19-41-34(31)47-37(46-33)44-29-10-8-27(9-11-29)35(51)42-18-3-17-40-20-25-4-6-26(7-5-25)30-12-13-32(50)45-36(30)52/h4-11,14,19,21-22,30,40H,2-3,12-13,15,17-18,20,23-24H2,1H3,(H,42,51)(H,45,50,52)(H2,41,44,46,47). The van der Waals surface area contributed by atoms with Gasteiger partial charge >= 0.3 is 0 Å². The summed E-state index contributed by atoms with van der Waals surface area (Å²) in [7, 11) is -3.38. The smallest absolute Gasteiger partial charge is 0.251 e. The summed E-state index contributed by atoms with van der Waals surface area (Å²) in [6, 6.07) is 18.9. The summed E-state index contributed by atoms with van der Waals surface area (Å²) in [5.74, 6) is -0.627. The first-order valence-electron chi connectivity index (χ1n) is 18.1. The van der Waals surface area contributed by atoms with E-state index in [-0.39, 0.29) is 48.9 Å². The summed E-state index contributed by atoms with van der Waals surface area (Å²) in [6.07, 6.45) is 6.94. The first-order chi connectivity index (χ1) is 26.6. The normalized spacial score (nSPS) is 17.0. The van der Waals surface area contributed by atoms with E-state index in [1.54, 1.807) is 54.5 Å². The van der Waals surface area contributed by atoms with Crippen LogP contribution in [-0.2, 0) is 31.7 Å². The Morgan fingerprint density at radius 1 is 1.05 bits per heavy atom. The van der Waals surface area contributed by atoms with Crippen molar-refractivity contribution >= 4 is 50.4 Å². The molecule has 7 rings (SSSR count). The van der Waals surface area contributed by atoms with E-state index in [1.165, 1.54) is 4.31 Å². The van der Waals surface area contributed by atoms with Gasteiger partial charge in [-0.2, -0.15) is 19.6 Å². The number of piperidine rings is 1. The minimum absolute atomic E-state index is 0.00641. The molecular formula is C38H41N11O5S. The molecule has 2 aliphatic rings. The minimum atomic E-state index is -3.38. The van der Waals surface area contributed by atoms with Crippen LogP contribution in [0.15, 0.2) is 73.2 Å². The van der Waals surface area contributed by atoms with E-state index in [0.717, 1.165) is 22.9 Å². The van der Waals surface area contributed by atoms with Gasteiger partial charge in [0.2, 0.25) is 27.8 Å². The molecule has 2 saturated heterocycles. The number of carbonyl (C=O) groups excluding carboxylic acids is 3. The van der Waals surface area contributed by atoms with Gasteiger partial charge in [-0.15, -0.1) is 0 Å². The number of carbonyl (C=O) groups is 3. The molecular weight excluding hydrogens is 723 g/mol. The van der Waals surface area contributed by atoms with Crippen molar-refractivity contribution in [1.29, 1.82) is 5.26 Å². The lowest BCUT2D eigenvalue weighted by Gasteiger charge is -2.47. The number of sulfonamides is 1. The number of nitrogens with zero attached hydrogens (tertiary/aromatic N) is 6. The number of imide groups is 1. The van der Waals surface area contributed by atoms with Crippen LogP contribution in [0.25, 0.3) is 22.3 Å². The molecule has 5 aromatic rings. The molecule has 3 amide bonds. The van der Waals surface area contributed by atoms with Crippen LogP contribution in [0.1, 0.15) is 60.0 Å². The number of nitriles is 1. The van der Waals surface area contributed by atoms with Crippen LogP contribution in [-0.4, -0.2) is 87.1 Å². The fourth-order valence-corrected chi connectivity index (χ4v) is 8.10. The predicted octanol–water partition coefficient (Wildman–Crippen LogP) is 3.27. The monoisotopic (exact) mass is 763 g/mol. The third-order valence-electron chi connectivity index (χ3n) is 10.0. The van der Waals surface area contributed by atoms with E-state index >= 15 is 0 Å². The number of nitrogens with one attached hydrogen (secondary N) is 5. The molecule has 1 atom stereocenters. The zero-order valence-electron chi connectivity index (χ0n) is 30.2. The van der Waals surface area contributed by atoms with Gasteiger partial charge < -0.3 is 20.9 Å². The van der Waals surface area contributed by atoms with Crippen molar-refractivity contribution in [3.8, 4) is 17.3 Å². The van der Waals surface area contributed by atoms with E-state index in [0.29, 0.717) is 66.6 Å². The van der Waals surface area contributed by atoms with Crippen LogP contribution < -0.4 is 21.3 Å². The molecule has 2 fully saturated rings. The first kappa shape index (κ1) is 37.4. The van der Waals surface area contributed by atoms with Gasteiger partial charge in [0.15, 0.2) is 0 Å². The number of hydrogen-bond donors (Lipinski definition) is 5. The first-order valence-corrected chi connectivity index (χ1v) is 19.7. The Bertz CT molecular complexity index is 2360. The van der Waals surface area contributed by atoms with E-state index in [4.69, 9.17) is 4.98 Å². The highest BCUT2D eigenvalue weighted by atomic mass is 32.2. The summed E-state index contributed by atoms with van der Waals surface area (Å²) in [5, 5.41) is 26.8. The zero-order chi connectivity index (χ0) is 38.6. The van der Waals surface area contributed by atoms with Gasteiger partial charge in [-0.25, -0.2) is 13.4 Å². The maximum Gasteiger partial charge on any atom is 0.251 e. The number of rotatable bonds is 15. The molecule has 0 radical (unpaired) electrons. The maximum absolute atomic E-state index is 12.8. The second-order valence-electron chi connectivity index (χ2n) is 13.8. The van der Waals surface area contributed by atoms with Crippen LogP contribution in [0.2, 0.25) is 0 Å². The Morgan fingerprint density at radius 2 is 1.84 bits per heavy atom. The fraction of sp³-hybridized carbons (Fsp3) is 0.342. The number of hydrogen-bond acceptors (Lipinski definition) is 11. The van der Waals surface area contributed by atoms with Gasteiger partial charge in [-0.1, -0.05) is 24.3 Å². The molecule has 3 aromatic heterocycles. The minimum Gasteiger partial charge on any atom is -0.352 e. The SMILES string of the molecule is CCS(=O)(=O)N1CC(CC#N)(n2cc(-c3nc(Nc4ccc(C(=O)NCCCNCc5ccc(C6CCC(=O)NC6=O)cc5)cc4)nc4[nH]ccc34)cn2)C1. The molecule has 0 spiro atoms. The molecule has 0 bridgehead atoms. The molecule has 55 heavy (non-hydrogen) atoms. The molecule has 1 unspecified atom stereocenters. The quantitative estimate of drug-likeness (QED) is 0.0770. The van der Waals surface area contributed by atoms with Crippen molar-refractivity contribution in [1.82, 2.24) is 45.0 Å². The molecule has 2 aliphatic heterocycles. The van der Waals surface area contributed by atoms with Crippen LogP contribution in [0.4, 0.5) is 11.6 Å². The molecule has 2 aromatic carbocycles. The number of benzene rings is 2. The number of H-pyrrole nitrogens is 1. The molecule has 16 nitrogen and oxygen atoms in total. The van der Waals surface area contributed by atoms with Crippen molar-refractivity contribution in [3.05, 3.63) is 89.9 Å². The summed E-state index contributed by atoms with van der Waals surface area (Å²) in [6.45, 7) is 3.80. The zero-order valence-corrected chi connectivity index (χ0v) is 31.0. The number of aromatic amines is 1. The number of amides is 3. The Morgan fingerprint density at radius 3 is 2.56 bits per heavy atom. The highest BCUT2D eigenvalue weighted by molar-refractivity contribution is 7.89. The van der Waals surface area contributed by atoms with Gasteiger partial charge in [0, 0.05) is 67.2 Å².